The number of nitrogens with one attached hydrogen (secondary N) is 1. The number of likely N-dealkylation sites (tertiary alicyclic amines) is 1. The van der Waals surface area contributed by atoms with Crippen LogP contribution in [0.1, 0.15) is 23.8 Å². The SMILES string of the molecule is COc1ccccc1OCCNC(=O)N1CCCC1c1cccs1. The van der Waals surface area contributed by atoms with E-state index in [0.717, 1.165) is 19.4 Å². The number of amides is 2. The number of benzene rings is 1. The average molecular weight is 346 g/mol. The molecule has 0 spiro atoms. The molecule has 5 nitrogen and oxygen atoms in total. The second kappa shape index (κ2) is 8.06. The van der Waals surface area contributed by atoms with Crippen LogP contribution >= 0.6 is 11.3 Å². The Morgan fingerprint density at radius 1 is 1.29 bits per heavy atom. The summed E-state index contributed by atoms with van der Waals surface area (Å²) in [5.41, 5.74) is 0. The lowest BCUT2D eigenvalue weighted by Gasteiger charge is -2.24. The first-order chi connectivity index (χ1) is 11.8. The van der Waals surface area contributed by atoms with Gasteiger partial charge in [-0.15, -0.1) is 11.3 Å². The Labute approximate surface area is 146 Å². The zero-order valence-electron chi connectivity index (χ0n) is 13.7. The standard InChI is InChI=1S/C18H22N2O3S/c1-22-15-7-2-3-8-16(15)23-12-10-19-18(21)20-11-4-6-14(20)17-9-5-13-24-17/h2-3,5,7-9,13-14H,4,6,10-12H2,1H3,(H,19,21). The quantitative estimate of drug-likeness (QED) is 0.812. The highest BCUT2D eigenvalue weighted by Crippen LogP contribution is 2.34. The number of urea groups is 1. The number of thiophene rings is 1. The fourth-order valence-electron chi connectivity index (χ4n) is 2.95. The van der Waals surface area contributed by atoms with Gasteiger partial charge in [0, 0.05) is 11.4 Å². The minimum absolute atomic E-state index is 0.0190. The molecule has 1 saturated heterocycles. The molecular weight excluding hydrogens is 324 g/mol. The molecule has 0 aliphatic carbocycles. The van der Waals surface area contributed by atoms with Crippen molar-refractivity contribution >= 4 is 17.4 Å². The molecule has 1 aromatic carbocycles. The van der Waals surface area contributed by atoms with Gasteiger partial charge in [0.15, 0.2) is 11.5 Å². The second-order valence-electron chi connectivity index (χ2n) is 5.60. The highest BCUT2D eigenvalue weighted by Gasteiger charge is 2.30. The number of ether oxygens (including phenoxy) is 2. The lowest BCUT2D eigenvalue weighted by molar-refractivity contribution is 0.190. The van der Waals surface area contributed by atoms with Crippen LogP contribution in [0.5, 0.6) is 11.5 Å². The van der Waals surface area contributed by atoms with Gasteiger partial charge in [0.1, 0.15) is 6.61 Å². The van der Waals surface area contributed by atoms with Crippen molar-refractivity contribution < 1.29 is 14.3 Å². The number of hydrogen-bond acceptors (Lipinski definition) is 4. The first kappa shape index (κ1) is 16.6. The molecule has 24 heavy (non-hydrogen) atoms. The summed E-state index contributed by atoms with van der Waals surface area (Å²) in [4.78, 5) is 15.6. The fraction of sp³-hybridized carbons (Fsp3) is 0.389. The van der Waals surface area contributed by atoms with Crippen molar-refractivity contribution in [2.24, 2.45) is 0 Å². The Bertz CT molecular complexity index is 660. The van der Waals surface area contributed by atoms with Crippen LogP contribution in [0, 0.1) is 0 Å². The number of nitrogens with zero attached hydrogens (tertiary/aromatic N) is 1. The van der Waals surface area contributed by atoms with Crippen molar-refractivity contribution in [3.05, 3.63) is 46.7 Å². The first-order valence-corrected chi connectivity index (χ1v) is 9.01. The molecule has 1 N–H and O–H groups in total. The molecule has 0 bridgehead atoms. The van der Waals surface area contributed by atoms with Crippen molar-refractivity contribution in [1.82, 2.24) is 10.2 Å². The molecule has 2 aromatic rings. The maximum Gasteiger partial charge on any atom is 0.318 e. The molecule has 1 aliphatic heterocycles. The second-order valence-corrected chi connectivity index (χ2v) is 6.58. The molecule has 6 heteroatoms. The van der Waals surface area contributed by atoms with Crippen LogP contribution < -0.4 is 14.8 Å². The van der Waals surface area contributed by atoms with E-state index < -0.39 is 0 Å². The number of para-hydroxylation sites is 2. The Hall–Kier alpha value is -2.21. The Morgan fingerprint density at radius 2 is 2.12 bits per heavy atom. The van der Waals surface area contributed by atoms with E-state index in [1.807, 2.05) is 35.2 Å². The average Bonchev–Trinajstić information content (AvgIpc) is 3.29. The van der Waals surface area contributed by atoms with Crippen molar-refractivity contribution in [2.45, 2.75) is 18.9 Å². The monoisotopic (exact) mass is 346 g/mol. The molecule has 1 unspecified atom stereocenters. The summed E-state index contributed by atoms with van der Waals surface area (Å²) in [6.45, 7) is 1.68. The van der Waals surface area contributed by atoms with Crippen molar-refractivity contribution in [3.8, 4) is 11.5 Å². The molecule has 3 rings (SSSR count). The molecule has 1 atom stereocenters. The van der Waals surface area contributed by atoms with E-state index >= 15 is 0 Å². The smallest absolute Gasteiger partial charge is 0.318 e. The van der Waals surface area contributed by atoms with Gasteiger partial charge in [-0.2, -0.15) is 0 Å². The third-order valence-corrected chi connectivity index (χ3v) is 5.06. The third kappa shape index (κ3) is 3.82. The zero-order valence-corrected chi connectivity index (χ0v) is 14.6. The van der Waals surface area contributed by atoms with Crippen LogP contribution in [0.15, 0.2) is 41.8 Å². The van der Waals surface area contributed by atoms with Crippen molar-refractivity contribution in [1.29, 1.82) is 0 Å². The minimum atomic E-state index is -0.0190. The summed E-state index contributed by atoms with van der Waals surface area (Å²) in [6.07, 6.45) is 2.08. The van der Waals surface area contributed by atoms with Gasteiger partial charge in [0.05, 0.1) is 19.7 Å². The van der Waals surface area contributed by atoms with Crippen LogP contribution in [-0.2, 0) is 0 Å². The molecule has 2 amide bonds. The number of hydrogen-bond donors (Lipinski definition) is 1. The Balaban J connectivity index is 1.47. The van der Waals surface area contributed by atoms with Gasteiger partial charge >= 0.3 is 6.03 Å². The molecule has 1 fully saturated rings. The molecule has 1 aliphatic rings. The summed E-state index contributed by atoms with van der Waals surface area (Å²) in [5, 5.41) is 5.01. The fourth-order valence-corrected chi connectivity index (χ4v) is 3.82. The largest absolute Gasteiger partial charge is 0.493 e. The Kier molecular flexibility index (Phi) is 5.59. The summed E-state index contributed by atoms with van der Waals surface area (Å²) < 4.78 is 10.9. The van der Waals surface area contributed by atoms with E-state index in [4.69, 9.17) is 9.47 Å². The highest BCUT2D eigenvalue weighted by atomic mass is 32.1. The van der Waals surface area contributed by atoms with Gasteiger partial charge in [0.2, 0.25) is 0 Å². The molecule has 0 radical (unpaired) electrons. The van der Waals surface area contributed by atoms with E-state index in [1.165, 1.54) is 4.88 Å². The molecule has 2 heterocycles. The van der Waals surface area contributed by atoms with Crippen LogP contribution in [0.3, 0.4) is 0 Å². The van der Waals surface area contributed by atoms with Gasteiger partial charge in [-0.1, -0.05) is 18.2 Å². The van der Waals surface area contributed by atoms with Gasteiger partial charge in [-0.05, 0) is 36.4 Å². The topological polar surface area (TPSA) is 50.8 Å². The number of rotatable bonds is 6. The van der Waals surface area contributed by atoms with Crippen molar-refractivity contribution in [3.63, 3.8) is 0 Å². The van der Waals surface area contributed by atoms with E-state index in [9.17, 15) is 4.79 Å². The lowest BCUT2D eigenvalue weighted by Crippen LogP contribution is -2.40. The van der Waals surface area contributed by atoms with E-state index in [0.29, 0.717) is 24.7 Å². The summed E-state index contributed by atoms with van der Waals surface area (Å²) >= 11 is 1.71. The van der Waals surface area contributed by atoms with Gasteiger partial charge < -0.3 is 19.7 Å². The van der Waals surface area contributed by atoms with Gasteiger partial charge in [0.25, 0.3) is 0 Å². The molecule has 128 valence electrons. The number of carbonyl (C=O) groups is 1. The molecule has 1 aromatic heterocycles. The third-order valence-electron chi connectivity index (χ3n) is 4.09. The lowest BCUT2D eigenvalue weighted by atomic mass is 10.2. The van der Waals surface area contributed by atoms with Crippen LogP contribution in [0.25, 0.3) is 0 Å². The predicted molar refractivity (Wildman–Crippen MR) is 94.9 cm³/mol. The number of methoxy groups -OCH3 is 1. The van der Waals surface area contributed by atoms with Gasteiger partial charge in [-0.25, -0.2) is 4.79 Å². The summed E-state index contributed by atoms with van der Waals surface area (Å²) in [6, 6.07) is 11.8. The van der Waals surface area contributed by atoms with Crippen molar-refractivity contribution in [2.75, 3.05) is 26.8 Å². The summed E-state index contributed by atoms with van der Waals surface area (Å²) in [5.74, 6) is 1.38. The van der Waals surface area contributed by atoms with E-state index in [-0.39, 0.29) is 12.1 Å². The maximum atomic E-state index is 12.4. The van der Waals surface area contributed by atoms with Crippen LogP contribution in [-0.4, -0.2) is 37.7 Å². The zero-order chi connectivity index (χ0) is 16.8. The van der Waals surface area contributed by atoms with E-state index in [1.54, 1.807) is 18.4 Å². The molecular formula is C18H22N2O3S. The highest BCUT2D eigenvalue weighted by molar-refractivity contribution is 7.10. The normalized spacial score (nSPS) is 16.9. The van der Waals surface area contributed by atoms with Crippen LogP contribution in [0.4, 0.5) is 4.79 Å². The Morgan fingerprint density at radius 3 is 2.88 bits per heavy atom. The minimum Gasteiger partial charge on any atom is -0.493 e. The van der Waals surface area contributed by atoms with Crippen LogP contribution in [0.2, 0.25) is 0 Å². The first-order valence-electron chi connectivity index (χ1n) is 8.13. The number of carbonyl (C=O) groups excluding carboxylic acids is 1. The van der Waals surface area contributed by atoms with Gasteiger partial charge in [-0.3, -0.25) is 0 Å². The maximum absolute atomic E-state index is 12.4. The predicted octanol–water partition coefficient (Wildman–Crippen LogP) is 3.68. The molecule has 0 saturated carbocycles. The summed E-state index contributed by atoms with van der Waals surface area (Å²) in [7, 11) is 1.61. The van der Waals surface area contributed by atoms with E-state index in [2.05, 4.69) is 16.8 Å².